The maximum atomic E-state index is 4.07. The average molecular weight is 344 g/mol. The van der Waals surface area contributed by atoms with E-state index < -0.39 is 0 Å². The molecule has 2 aromatic carbocycles. The van der Waals surface area contributed by atoms with Gasteiger partial charge in [-0.3, -0.25) is 0 Å². The van der Waals surface area contributed by atoms with Crippen LogP contribution in [0.15, 0.2) is 93.2 Å². The van der Waals surface area contributed by atoms with Gasteiger partial charge in [0.15, 0.2) is 0 Å². The molecule has 0 saturated carbocycles. The lowest BCUT2D eigenvalue weighted by Gasteiger charge is -1.87. The summed E-state index contributed by atoms with van der Waals surface area (Å²) >= 11 is 1.58. The standard InChI is InChI=1S/C20H16N4S/c1-3-7-17(8-4-1)13-21-23-15-19-11-12-20(25-19)16-24-22-14-18-9-5-2-6-10-18/h1-16H/b21-13-,22-14-,23-15+,24-16+. The third-order valence-electron chi connectivity index (χ3n) is 3.16. The largest absolute Gasteiger partial charge is 0.158 e. The van der Waals surface area contributed by atoms with Gasteiger partial charge in [-0.2, -0.15) is 20.4 Å². The van der Waals surface area contributed by atoms with E-state index in [0.717, 1.165) is 20.9 Å². The second kappa shape index (κ2) is 9.20. The Balaban J connectivity index is 1.53. The smallest absolute Gasteiger partial charge is 0.0668 e. The molecule has 5 heteroatoms. The summed E-state index contributed by atoms with van der Waals surface area (Å²) in [6.07, 6.45) is 6.92. The molecular formula is C20H16N4S. The first-order valence-electron chi connectivity index (χ1n) is 7.73. The number of rotatable bonds is 6. The number of nitrogens with zero attached hydrogens (tertiary/aromatic N) is 4. The molecule has 0 aliphatic rings. The number of hydrogen-bond donors (Lipinski definition) is 0. The zero-order valence-corrected chi connectivity index (χ0v) is 14.3. The van der Waals surface area contributed by atoms with Gasteiger partial charge in [-0.25, -0.2) is 0 Å². The van der Waals surface area contributed by atoms with Crippen LogP contribution in [0, 0.1) is 0 Å². The summed E-state index contributed by atoms with van der Waals surface area (Å²) in [6, 6.07) is 23.7. The topological polar surface area (TPSA) is 49.4 Å². The Morgan fingerprint density at radius 2 is 0.880 bits per heavy atom. The van der Waals surface area contributed by atoms with Crippen LogP contribution in [0.5, 0.6) is 0 Å². The van der Waals surface area contributed by atoms with Crippen LogP contribution in [-0.4, -0.2) is 24.9 Å². The summed E-state index contributed by atoms with van der Waals surface area (Å²) in [4.78, 5) is 2.03. The maximum Gasteiger partial charge on any atom is 0.0668 e. The van der Waals surface area contributed by atoms with E-state index in [4.69, 9.17) is 0 Å². The molecule has 0 fully saturated rings. The Bertz CT molecular complexity index is 820. The van der Waals surface area contributed by atoms with Gasteiger partial charge in [0.1, 0.15) is 0 Å². The van der Waals surface area contributed by atoms with Crippen molar-refractivity contribution in [3.05, 3.63) is 93.7 Å². The molecule has 0 saturated heterocycles. The molecule has 25 heavy (non-hydrogen) atoms. The molecule has 0 amide bonds. The molecule has 0 N–H and O–H groups in total. The summed E-state index contributed by atoms with van der Waals surface area (Å²) in [5.41, 5.74) is 2.05. The van der Waals surface area contributed by atoms with Crippen LogP contribution < -0.4 is 0 Å². The van der Waals surface area contributed by atoms with Crippen molar-refractivity contribution in [1.29, 1.82) is 0 Å². The van der Waals surface area contributed by atoms with E-state index in [1.54, 1.807) is 36.2 Å². The van der Waals surface area contributed by atoms with Crippen LogP contribution in [0.4, 0.5) is 0 Å². The molecule has 122 valence electrons. The fourth-order valence-corrected chi connectivity index (χ4v) is 2.71. The lowest BCUT2D eigenvalue weighted by molar-refractivity contribution is 1.27. The normalized spacial score (nSPS) is 12.2. The molecule has 4 nitrogen and oxygen atoms in total. The van der Waals surface area contributed by atoms with Gasteiger partial charge in [0.05, 0.1) is 24.9 Å². The van der Waals surface area contributed by atoms with Gasteiger partial charge in [-0.05, 0) is 23.3 Å². The molecule has 0 radical (unpaired) electrons. The van der Waals surface area contributed by atoms with Crippen LogP contribution in [0.25, 0.3) is 0 Å². The number of hydrogen-bond acceptors (Lipinski definition) is 5. The summed E-state index contributed by atoms with van der Waals surface area (Å²) < 4.78 is 0. The first-order chi connectivity index (χ1) is 12.4. The predicted octanol–water partition coefficient (Wildman–Crippen LogP) is 4.65. The molecule has 1 heterocycles. The first kappa shape index (κ1) is 16.7. The molecule has 0 unspecified atom stereocenters. The van der Waals surface area contributed by atoms with Crippen molar-refractivity contribution in [2.45, 2.75) is 0 Å². The van der Waals surface area contributed by atoms with Crippen molar-refractivity contribution >= 4 is 36.2 Å². The zero-order chi connectivity index (χ0) is 17.2. The molecule has 0 atom stereocenters. The fraction of sp³-hybridized carbons (Fsp3) is 0. The lowest BCUT2D eigenvalue weighted by Crippen LogP contribution is -1.78. The van der Waals surface area contributed by atoms with Crippen molar-refractivity contribution in [3.8, 4) is 0 Å². The average Bonchev–Trinajstić information content (AvgIpc) is 3.12. The van der Waals surface area contributed by atoms with E-state index in [-0.39, 0.29) is 0 Å². The van der Waals surface area contributed by atoms with Crippen LogP contribution in [0.2, 0.25) is 0 Å². The van der Waals surface area contributed by atoms with Gasteiger partial charge in [-0.1, -0.05) is 60.7 Å². The van der Waals surface area contributed by atoms with Crippen molar-refractivity contribution in [3.63, 3.8) is 0 Å². The van der Waals surface area contributed by atoms with E-state index in [2.05, 4.69) is 20.4 Å². The quantitative estimate of drug-likeness (QED) is 0.461. The molecule has 3 aromatic rings. The van der Waals surface area contributed by atoms with Gasteiger partial charge < -0.3 is 0 Å². The Labute approximate surface area is 150 Å². The molecule has 1 aromatic heterocycles. The van der Waals surface area contributed by atoms with E-state index in [0.29, 0.717) is 0 Å². The monoisotopic (exact) mass is 344 g/mol. The van der Waals surface area contributed by atoms with Crippen molar-refractivity contribution in [1.82, 2.24) is 0 Å². The third kappa shape index (κ3) is 5.75. The van der Waals surface area contributed by atoms with Gasteiger partial charge in [0, 0.05) is 9.75 Å². The van der Waals surface area contributed by atoms with Crippen LogP contribution in [0.1, 0.15) is 20.9 Å². The highest BCUT2D eigenvalue weighted by atomic mass is 32.1. The predicted molar refractivity (Wildman–Crippen MR) is 108 cm³/mol. The second-order valence-corrected chi connectivity index (χ2v) is 6.19. The summed E-state index contributed by atoms with van der Waals surface area (Å²) in [6.45, 7) is 0. The van der Waals surface area contributed by atoms with Crippen LogP contribution in [-0.2, 0) is 0 Å². The molecule has 0 aliphatic heterocycles. The highest BCUT2D eigenvalue weighted by Crippen LogP contribution is 2.12. The SMILES string of the molecule is C(=N/N=C/c1ccc(/C=N/N=C\c2ccccc2)s1)/c1ccccc1. The molecule has 0 bridgehead atoms. The maximum absolute atomic E-state index is 4.07. The zero-order valence-electron chi connectivity index (χ0n) is 13.4. The summed E-state index contributed by atoms with van der Waals surface area (Å²) in [5.74, 6) is 0. The first-order valence-corrected chi connectivity index (χ1v) is 8.54. The highest BCUT2D eigenvalue weighted by molar-refractivity contribution is 7.15. The van der Waals surface area contributed by atoms with Crippen molar-refractivity contribution in [2.75, 3.05) is 0 Å². The highest BCUT2D eigenvalue weighted by Gasteiger charge is 1.94. The van der Waals surface area contributed by atoms with Crippen molar-refractivity contribution in [2.24, 2.45) is 20.4 Å². The van der Waals surface area contributed by atoms with Crippen LogP contribution >= 0.6 is 11.3 Å². The van der Waals surface area contributed by atoms with Gasteiger partial charge in [0.2, 0.25) is 0 Å². The van der Waals surface area contributed by atoms with Crippen molar-refractivity contribution < 1.29 is 0 Å². The van der Waals surface area contributed by atoms with Gasteiger partial charge in [0.25, 0.3) is 0 Å². The Morgan fingerprint density at radius 1 is 0.480 bits per heavy atom. The Morgan fingerprint density at radius 3 is 1.32 bits per heavy atom. The van der Waals surface area contributed by atoms with E-state index in [9.17, 15) is 0 Å². The Kier molecular flexibility index (Phi) is 6.13. The van der Waals surface area contributed by atoms with E-state index in [1.807, 2.05) is 72.8 Å². The summed E-state index contributed by atoms with van der Waals surface area (Å²) in [7, 11) is 0. The van der Waals surface area contributed by atoms with Crippen LogP contribution in [0.3, 0.4) is 0 Å². The molecule has 3 rings (SSSR count). The number of benzene rings is 2. The summed E-state index contributed by atoms with van der Waals surface area (Å²) in [5, 5.41) is 16.2. The molecule has 0 aliphatic carbocycles. The minimum absolute atomic E-state index is 1.01. The second-order valence-electron chi connectivity index (χ2n) is 5.04. The van der Waals surface area contributed by atoms with Gasteiger partial charge in [-0.15, -0.1) is 11.3 Å². The molecular weight excluding hydrogens is 328 g/mol. The molecule has 0 spiro atoms. The van der Waals surface area contributed by atoms with Gasteiger partial charge >= 0.3 is 0 Å². The number of thiophene rings is 1. The minimum Gasteiger partial charge on any atom is -0.158 e. The third-order valence-corrected chi connectivity index (χ3v) is 4.12. The minimum atomic E-state index is 1.01. The Hall–Kier alpha value is -3.18. The van der Waals surface area contributed by atoms with E-state index >= 15 is 0 Å². The van der Waals surface area contributed by atoms with E-state index in [1.165, 1.54) is 0 Å². The fourth-order valence-electron chi connectivity index (χ4n) is 1.97. The lowest BCUT2D eigenvalue weighted by atomic mass is 10.2.